The van der Waals surface area contributed by atoms with E-state index in [2.05, 4.69) is 13.0 Å². The van der Waals surface area contributed by atoms with Gasteiger partial charge in [-0.2, -0.15) is 5.26 Å². The van der Waals surface area contributed by atoms with Crippen LogP contribution in [0.25, 0.3) is 11.1 Å². The lowest BCUT2D eigenvalue weighted by Crippen LogP contribution is -1.88. The molecule has 17 heavy (non-hydrogen) atoms. The molecule has 0 aliphatic heterocycles. The van der Waals surface area contributed by atoms with Gasteiger partial charge in [0.2, 0.25) is 0 Å². The van der Waals surface area contributed by atoms with Crippen LogP contribution in [0.2, 0.25) is 0 Å². The van der Waals surface area contributed by atoms with Gasteiger partial charge in [0, 0.05) is 5.56 Å². The highest BCUT2D eigenvalue weighted by Gasteiger charge is 2.08. The van der Waals surface area contributed by atoms with Crippen molar-refractivity contribution in [3.05, 3.63) is 53.6 Å². The second kappa shape index (κ2) is 4.71. The van der Waals surface area contributed by atoms with Gasteiger partial charge in [0.05, 0.1) is 11.6 Å². The molecule has 2 nitrogen and oxygen atoms in total. The van der Waals surface area contributed by atoms with Crippen molar-refractivity contribution in [2.45, 2.75) is 13.3 Å². The highest BCUT2D eigenvalue weighted by atomic mass is 16.3. The van der Waals surface area contributed by atoms with Gasteiger partial charge >= 0.3 is 0 Å². The molecular weight excluding hydrogens is 210 g/mol. The van der Waals surface area contributed by atoms with Gasteiger partial charge in [-0.1, -0.05) is 31.2 Å². The standard InChI is InChI=1S/C15H13NO/c1-2-12-5-3-4-6-13(12)14-9-11(10-16)7-8-15(14)17/h3-9,17H,2H2,1H3. The van der Waals surface area contributed by atoms with Crippen molar-refractivity contribution in [1.82, 2.24) is 0 Å². The van der Waals surface area contributed by atoms with Crippen LogP contribution in [-0.4, -0.2) is 5.11 Å². The van der Waals surface area contributed by atoms with Gasteiger partial charge in [-0.3, -0.25) is 0 Å². The van der Waals surface area contributed by atoms with E-state index in [0.717, 1.165) is 23.1 Å². The van der Waals surface area contributed by atoms with E-state index in [1.807, 2.05) is 24.3 Å². The summed E-state index contributed by atoms with van der Waals surface area (Å²) in [7, 11) is 0. The molecule has 0 amide bonds. The van der Waals surface area contributed by atoms with Crippen molar-refractivity contribution in [2.75, 3.05) is 0 Å². The molecule has 0 saturated carbocycles. The van der Waals surface area contributed by atoms with Crippen LogP contribution in [0.3, 0.4) is 0 Å². The Hall–Kier alpha value is -2.27. The number of aryl methyl sites for hydroxylation is 1. The fourth-order valence-corrected chi connectivity index (χ4v) is 1.91. The number of hydrogen-bond acceptors (Lipinski definition) is 2. The van der Waals surface area contributed by atoms with E-state index < -0.39 is 0 Å². The fraction of sp³-hybridized carbons (Fsp3) is 0.133. The fourth-order valence-electron chi connectivity index (χ4n) is 1.91. The van der Waals surface area contributed by atoms with Gasteiger partial charge in [-0.25, -0.2) is 0 Å². The number of benzene rings is 2. The van der Waals surface area contributed by atoms with E-state index in [0.29, 0.717) is 5.56 Å². The molecule has 0 bridgehead atoms. The molecule has 84 valence electrons. The number of aromatic hydroxyl groups is 1. The summed E-state index contributed by atoms with van der Waals surface area (Å²) in [5.41, 5.74) is 3.44. The van der Waals surface area contributed by atoms with Crippen molar-refractivity contribution in [2.24, 2.45) is 0 Å². The number of hydrogen-bond donors (Lipinski definition) is 1. The van der Waals surface area contributed by atoms with E-state index in [-0.39, 0.29) is 5.75 Å². The van der Waals surface area contributed by atoms with Crippen LogP contribution in [0.15, 0.2) is 42.5 Å². The predicted octanol–water partition coefficient (Wildman–Crippen LogP) is 3.49. The SMILES string of the molecule is CCc1ccccc1-c1cc(C#N)ccc1O. The van der Waals surface area contributed by atoms with Crippen LogP contribution in [0.5, 0.6) is 5.75 Å². The van der Waals surface area contributed by atoms with E-state index in [1.54, 1.807) is 18.2 Å². The first-order valence-electron chi connectivity index (χ1n) is 5.57. The minimum Gasteiger partial charge on any atom is -0.507 e. The Morgan fingerprint density at radius 2 is 1.88 bits per heavy atom. The smallest absolute Gasteiger partial charge is 0.123 e. The van der Waals surface area contributed by atoms with Crippen molar-refractivity contribution in [3.8, 4) is 22.9 Å². The van der Waals surface area contributed by atoms with Gasteiger partial charge in [0.25, 0.3) is 0 Å². The third kappa shape index (κ3) is 2.14. The molecule has 0 fully saturated rings. The summed E-state index contributed by atoms with van der Waals surface area (Å²) in [6.45, 7) is 2.07. The highest BCUT2D eigenvalue weighted by molar-refractivity contribution is 5.74. The Kier molecular flexibility index (Phi) is 3.11. The molecule has 0 aliphatic rings. The zero-order valence-electron chi connectivity index (χ0n) is 9.64. The molecule has 0 heterocycles. The average molecular weight is 223 g/mol. The quantitative estimate of drug-likeness (QED) is 0.846. The second-order valence-electron chi connectivity index (χ2n) is 3.85. The molecule has 0 spiro atoms. The highest BCUT2D eigenvalue weighted by Crippen LogP contribution is 2.32. The summed E-state index contributed by atoms with van der Waals surface area (Å²) in [4.78, 5) is 0. The lowest BCUT2D eigenvalue weighted by Gasteiger charge is -2.09. The van der Waals surface area contributed by atoms with Gasteiger partial charge < -0.3 is 5.11 Å². The maximum absolute atomic E-state index is 9.89. The van der Waals surface area contributed by atoms with Crippen LogP contribution in [0.4, 0.5) is 0 Å². The maximum atomic E-state index is 9.89. The summed E-state index contributed by atoms with van der Waals surface area (Å²) >= 11 is 0. The van der Waals surface area contributed by atoms with E-state index in [9.17, 15) is 5.11 Å². The molecule has 0 saturated heterocycles. The molecule has 0 aromatic heterocycles. The summed E-state index contributed by atoms with van der Waals surface area (Å²) in [5.74, 6) is 0.213. The Morgan fingerprint density at radius 1 is 1.12 bits per heavy atom. The third-order valence-electron chi connectivity index (χ3n) is 2.81. The van der Waals surface area contributed by atoms with Crippen LogP contribution >= 0.6 is 0 Å². The first-order chi connectivity index (χ1) is 8.26. The Balaban J connectivity index is 2.64. The second-order valence-corrected chi connectivity index (χ2v) is 3.85. The Labute approximate surface area is 101 Å². The van der Waals surface area contributed by atoms with Gasteiger partial charge in [0.1, 0.15) is 5.75 Å². The molecular formula is C15H13NO. The van der Waals surface area contributed by atoms with E-state index in [4.69, 9.17) is 5.26 Å². The number of nitriles is 1. The summed E-state index contributed by atoms with van der Waals surface area (Å²) < 4.78 is 0. The molecule has 2 rings (SSSR count). The average Bonchev–Trinajstić information content (AvgIpc) is 2.39. The first kappa shape index (κ1) is 11.2. The van der Waals surface area contributed by atoms with Gasteiger partial charge in [-0.05, 0) is 35.7 Å². The molecule has 0 aliphatic carbocycles. The molecule has 0 radical (unpaired) electrons. The number of phenols is 1. The molecule has 2 aromatic rings. The minimum absolute atomic E-state index is 0.213. The van der Waals surface area contributed by atoms with Crippen LogP contribution in [0, 0.1) is 11.3 Å². The monoisotopic (exact) mass is 223 g/mol. The molecule has 0 atom stereocenters. The zero-order valence-corrected chi connectivity index (χ0v) is 9.64. The normalized spacial score (nSPS) is 9.88. The minimum atomic E-state index is 0.213. The Morgan fingerprint density at radius 3 is 2.59 bits per heavy atom. The Bertz CT molecular complexity index is 582. The lowest BCUT2D eigenvalue weighted by molar-refractivity contribution is 0.477. The van der Waals surface area contributed by atoms with Crippen molar-refractivity contribution in [1.29, 1.82) is 5.26 Å². The summed E-state index contributed by atoms with van der Waals surface area (Å²) in [6.07, 6.45) is 0.895. The maximum Gasteiger partial charge on any atom is 0.123 e. The number of rotatable bonds is 2. The first-order valence-corrected chi connectivity index (χ1v) is 5.57. The van der Waals surface area contributed by atoms with E-state index in [1.165, 1.54) is 0 Å². The van der Waals surface area contributed by atoms with Crippen molar-refractivity contribution >= 4 is 0 Å². The van der Waals surface area contributed by atoms with Crippen LogP contribution in [-0.2, 0) is 6.42 Å². The van der Waals surface area contributed by atoms with E-state index >= 15 is 0 Å². The lowest BCUT2D eigenvalue weighted by atomic mass is 9.96. The molecule has 2 aromatic carbocycles. The van der Waals surface area contributed by atoms with Gasteiger partial charge in [0.15, 0.2) is 0 Å². The molecule has 0 unspecified atom stereocenters. The summed E-state index contributed by atoms with van der Waals surface area (Å²) in [6, 6.07) is 14.9. The number of phenolic OH excluding ortho intramolecular Hbond substituents is 1. The predicted molar refractivity (Wildman–Crippen MR) is 67.6 cm³/mol. The zero-order chi connectivity index (χ0) is 12.3. The summed E-state index contributed by atoms with van der Waals surface area (Å²) in [5, 5.41) is 18.8. The van der Waals surface area contributed by atoms with Crippen LogP contribution in [0.1, 0.15) is 18.1 Å². The topological polar surface area (TPSA) is 44.0 Å². The number of nitrogens with zero attached hydrogens (tertiary/aromatic N) is 1. The van der Waals surface area contributed by atoms with Crippen molar-refractivity contribution in [3.63, 3.8) is 0 Å². The molecule has 1 N–H and O–H groups in total. The molecule has 2 heteroatoms. The van der Waals surface area contributed by atoms with Crippen LogP contribution < -0.4 is 0 Å². The van der Waals surface area contributed by atoms with Crippen molar-refractivity contribution < 1.29 is 5.11 Å². The third-order valence-corrected chi connectivity index (χ3v) is 2.81. The largest absolute Gasteiger partial charge is 0.507 e. The van der Waals surface area contributed by atoms with Gasteiger partial charge in [-0.15, -0.1) is 0 Å².